The van der Waals surface area contributed by atoms with Crippen molar-refractivity contribution < 1.29 is 9.66 Å². The van der Waals surface area contributed by atoms with Crippen molar-refractivity contribution in [1.82, 2.24) is 4.98 Å². The highest BCUT2D eigenvalue weighted by Gasteiger charge is 2.27. The molecule has 120 valence electrons. The van der Waals surface area contributed by atoms with Gasteiger partial charge in [0.05, 0.1) is 18.1 Å². The highest BCUT2D eigenvalue weighted by atomic mass is 16.6. The molecule has 23 heavy (non-hydrogen) atoms. The predicted octanol–water partition coefficient (Wildman–Crippen LogP) is 3.03. The zero-order valence-corrected chi connectivity index (χ0v) is 12.8. The highest BCUT2D eigenvalue weighted by molar-refractivity contribution is 5.62. The summed E-state index contributed by atoms with van der Waals surface area (Å²) >= 11 is 0. The molecule has 6 nitrogen and oxygen atoms in total. The Labute approximate surface area is 134 Å². The number of nitrogens with zero attached hydrogens (tertiary/aromatic N) is 3. The van der Waals surface area contributed by atoms with Gasteiger partial charge in [-0.05, 0) is 18.1 Å². The van der Waals surface area contributed by atoms with Crippen molar-refractivity contribution in [3.63, 3.8) is 0 Å². The lowest BCUT2D eigenvalue weighted by molar-refractivity contribution is -0.384. The van der Waals surface area contributed by atoms with Crippen molar-refractivity contribution in [3.05, 3.63) is 64.5 Å². The Morgan fingerprint density at radius 2 is 2.13 bits per heavy atom. The Morgan fingerprint density at radius 1 is 1.30 bits per heavy atom. The Balaban J connectivity index is 1.54. The average Bonchev–Trinajstić information content (AvgIpc) is 3.04. The summed E-state index contributed by atoms with van der Waals surface area (Å²) in [7, 11) is 0. The van der Waals surface area contributed by atoms with E-state index in [1.807, 2.05) is 30.3 Å². The summed E-state index contributed by atoms with van der Waals surface area (Å²) < 4.78 is 5.79. The van der Waals surface area contributed by atoms with Crippen molar-refractivity contribution in [3.8, 4) is 0 Å². The van der Waals surface area contributed by atoms with E-state index in [0.717, 1.165) is 25.1 Å². The smallest absolute Gasteiger partial charge is 0.310 e. The number of aromatic nitrogens is 1. The molecule has 0 saturated carbocycles. The molecule has 0 aliphatic carbocycles. The highest BCUT2D eigenvalue weighted by Crippen LogP contribution is 2.31. The molecule has 0 amide bonds. The monoisotopic (exact) mass is 313 g/mol. The van der Waals surface area contributed by atoms with E-state index >= 15 is 0 Å². The molecule has 0 bridgehead atoms. The molecule has 0 spiro atoms. The van der Waals surface area contributed by atoms with Gasteiger partial charge >= 0.3 is 5.69 Å². The summed E-state index contributed by atoms with van der Waals surface area (Å²) in [4.78, 5) is 16.6. The summed E-state index contributed by atoms with van der Waals surface area (Å²) in [6, 6.07) is 11.8. The van der Waals surface area contributed by atoms with Crippen LogP contribution < -0.4 is 4.90 Å². The van der Waals surface area contributed by atoms with Crippen molar-refractivity contribution in [1.29, 1.82) is 0 Å². The van der Waals surface area contributed by atoms with Crippen LogP contribution in [-0.4, -0.2) is 29.6 Å². The van der Waals surface area contributed by atoms with Crippen LogP contribution in [0.25, 0.3) is 0 Å². The minimum atomic E-state index is -0.373. The van der Waals surface area contributed by atoms with E-state index in [9.17, 15) is 10.1 Å². The molecule has 2 heterocycles. The lowest BCUT2D eigenvalue weighted by Gasteiger charge is -2.18. The van der Waals surface area contributed by atoms with Crippen LogP contribution in [0.1, 0.15) is 12.0 Å². The average molecular weight is 313 g/mol. The van der Waals surface area contributed by atoms with Gasteiger partial charge in [0.25, 0.3) is 0 Å². The summed E-state index contributed by atoms with van der Waals surface area (Å²) in [5, 5.41) is 11.1. The first kappa shape index (κ1) is 15.4. The molecule has 0 unspecified atom stereocenters. The largest absolute Gasteiger partial charge is 0.376 e. The number of rotatable bonds is 6. The second-order valence-electron chi connectivity index (χ2n) is 5.72. The maximum Gasteiger partial charge on any atom is 0.310 e. The van der Waals surface area contributed by atoms with Crippen LogP contribution in [0.4, 0.5) is 11.4 Å². The van der Waals surface area contributed by atoms with Crippen molar-refractivity contribution in [2.75, 3.05) is 24.6 Å². The van der Waals surface area contributed by atoms with E-state index in [2.05, 4.69) is 9.88 Å². The van der Waals surface area contributed by atoms with Crippen LogP contribution in [-0.2, 0) is 11.3 Å². The number of hydrogen-bond donors (Lipinski definition) is 0. The summed E-state index contributed by atoms with van der Waals surface area (Å²) in [6.07, 6.45) is 3.89. The maximum atomic E-state index is 11.1. The zero-order valence-electron chi connectivity index (χ0n) is 12.8. The normalized spacial score (nSPS) is 17.4. The lowest BCUT2D eigenvalue weighted by Crippen LogP contribution is -2.22. The van der Waals surface area contributed by atoms with Gasteiger partial charge < -0.3 is 9.64 Å². The zero-order chi connectivity index (χ0) is 16.1. The standard InChI is InChI=1S/C17H19N3O3/c21-20(22)17-10-18-8-6-16(17)19-9-7-15(11-19)13-23-12-14-4-2-1-3-5-14/h1-6,8,10,15H,7,9,11-13H2/t15-/m0/s1. The second kappa shape index (κ2) is 7.19. The predicted molar refractivity (Wildman–Crippen MR) is 87.3 cm³/mol. The number of anilines is 1. The van der Waals surface area contributed by atoms with Crippen LogP contribution in [0.15, 0.2) is 48.8 Å². The van der Waals surface area contributed by atoms with Crippen molar-refractivity contribution in [2.45, 2.75) is 13.0 Å². The third kappa shape index (κ3) is 3.84. The third-order valence-electron chi connectivity index (χ3n) is 4.07. The van der Waals surface area contributed by atoms with Gasteiger partial charge in [-0.15, -0.1) is 0 Å². The molecule has 1 aliphatic heterocycles. The van der Waals surface area contributed by atoms with Gasteiger partial charge in [0.15, 0.2) is 0 Å². The number of benzene rings is 1. The molecule has 0 radical (unpaired) electrons. The minimum absolute atomic E-state index is 0.0679. The first-order valence-corrected chi connectivity index (χ1v) is 7.69. The van der Waals surface area contributed by atoms with Crippen LogP contribution in [0, 0.1) is 16.0 Å². The number of hydrogen-bond acceptors (Lipinski definition) is 5. The molecule has 3 rings (SSSR count). The quantitative estimate of drug-likeness (QED) is 0.605. The Bertz CT molecular complexity index is 663. The van der Waals surface area contributed by atoms with E-state index < -0.39 is 0 Å². The molecule has 1 fully saturated rings. The topological polar surface area (TPSA) is 68.5 Å². The Hall–Kier alpha value is -2.47. The van der Waals surface area contributed by atoms with E-state index in [4.69, 9.17) is 4.74 Å². The number of pyridine rings is 1. The fourth-order valence-electron chi connectivity index (χ4n) is 2.89. The second-order valence-corrected chi connectivity index (χ2v) is 5.72. The van der Waals surface area contributed by atoms with E-state index in [1.165, 1.54) is 6.20 Å². The van der Waals surface area contributed by atoms with E-state index in [0.29, 0.717) is 24.8 Å². The first-order chi connectivity index (χ1) is 11.2. The molecule has 1 aromatic heterocycles. The fourth-order valence-corrected chi connectivity index (χ4v) is 2.89. The van der Waals surface area contributed by atoms with Crippen LogP contribution in [0.3, 0.4) is 0 Å². The molecule has 1 atom stereocenters. The molecule has 2 aromatic rings. The van der Waals surface area contributed by atoms with E-state index in [-0.39, 0.29) is 10.6 Å². The molecule has 1 aromatic carbocycles. The molecule has 0 N–H and O–H groups in total. The molecular formula is C17H19N3O3. The SMILES string of the molecule is O=[N+]([O-])c1cnccc1N1CC[C@H](COCc2ccccc2)C1. The van der Waals surface area contributed by atoms with Crippen molar-refractivity contribution in [2.24, 2.45) is 5.92 Å². The number of ether oxygens (including phenoxy) is 1. The summed E-state index contributed by atoms with van der Waals surface area (Å²) in [6.45, 7) is 2.86. The van der Waals surface area contributed by atoms with Gasteiger partial charge in [0.2, 0.25) is 0 Å². The molecule has 6 heteroatoms. The van der Waals surface area contributed by atoms with Gasteiger partial charge in [-0.2, -0.15) is 0 Å². The first-order valence-electron chi connectivity index (χ1n) is 7.69. The van der Waals surface area contributed by atoms with Crippen LogP contribution >= 0.6 is 0 Å². The summed E-state index contributed by atoms with van der Waals surface area (Å²) in [5.74, 6) is 0.395. The lowest BCUT2D eigenvalue weighted by atomic mass is 10.1. The third-order valence-corrected chi connectivity index (χ3v) is 4.07. The fraction of sp³-hybridized carbons (Fsp3) is 0.353. The van der Waals surface area contributed by atoms with Gasteiger partial charge in [0, 0.05) is 25.2 Å². The van der Waals surface area contributed by atoms with Crippen LogP contribution in [0.5, 0.6) is 0 Å². The molecule has 1 saturated heterocycles. The minimum Gasteiger partial charge on any atom is -0.376 e. The van der Waals surface area contributed by atoms with Crippen LogP contribution in [0.2, 0.25) is 0 Å². The van der Waals surface area contributed by atoms with E-state index in [1.54, 1.807) is 12.3 Å². The van der Waals surface area contributed by atoms with Crippen molar-refractivity contribution >= 4 is 11.4 Å². The molecule has 1 aliphatic rings. The molecular weight excluding hydrogens is 294 g/mol. The maximum absolute atomic E-state index is 11.1. The Kier molecular flexibility index (Phi) is 4.83. The van der Waals surface area contributed by atoms with Gasteiger partial charge in [-0.25, -0.2) is 0 Å². The summed E-state index contributed by atoms with van der Waals surface area (Å²) in [5.41, 5.74) is 1.88. The van der Waals surface area contributed by atoms with Gasteiger partial charge in [0.1, 0.15) is 11.9 Å². The Morgan fingerprint density at radius 3 is 2.91 bits per heavy atom. The number of nitro groups is 1. The van der Waals surface area contributed by atoms with Gasteiger partial charge in [-0.1, -0.05) is 30.3 Å². The van der Waals surface area contributed by atoms with Gasteiger partial charge in [-0.3, -0.25) is 15.1 Å².